The molecule has 3 atom stereocenters. The molecule has 0 unspecified atom stereocenters. The molecule has 2 heterocycles. The number of aromatic nitrogens is 1. The average Bonchev–Trinajstić information content (AvgIpc) is 3.01. The molecule has 4 rings (SSSR count). The second kappa shape index (κ2) is 5.90. The topological polar surface area (TPSA) is 36.4 Å². The van der Waals surface area contributed by atoms with Crippen LogP contribution in [-0.4, -0.2) is 28.8 Å². The summed E-state index contributed by atoms with van der Waals surface area (Å²) in [4.78, 5) is 6.46. The maximum absolute atomic E-state index is 14.2. The molecule has 1 N–H and O–H groups in total. The number of pyridine rings is 1. The molecule has 1 aliphatic carbocycles. The van der Waals surface area contributed by atoms with Crippen LogP contribution in [0.4, 0.5) is 14.5 Å². The minimum Gasteiger partial charge on any atom is -0.390 e. The molecule has 25 heavy (non-hydrogen) atoms. The van der Waals surface area contributed by atoms with Crippen molar-refractivity contribution >= 4 is 16.6 Å². The molecule has 0 spiro atoms. The fourth-order valence-electron chi connectivity index (χ4n) is 4.88. The molecule has 1 aromatic carbocycles. The number of aryl methyl sites for hydroxylation is 1. The van der Waals surface area contributed by atoms with Gasteiger partial charge in [0.05, 0.1) is 5.60 Å². The van der Waals surface area contributed by atoms with Crippen molar-refractivity contribution in [1.29, 1.82) is 0 Å². The summed E-state index contributed by atoms with van der Waals surface area (Å²) in [5.74, 6) is -0.561. The lowest BCUT2D eigenvalue weighted by Crippen LogP contribution is -2.44. The molecule has 2 aromatic rings. The Labute approximate surface area is 146 Å². The van der Waals surface area contributed by atoms with Gasteiger partial charge in [-0.2, -0.15) is 0 Å². The molecule has 0 radical (unpaired) electrons. The van der Waals surface area contributed by atoms with Gasteiger partial charge in [-0.1, -0.05) is 13.3 Å². The Morgan fingerprint density at radius 1 is 1.28 bits per heavy atom. The predicted octanol–water partition coefficient (Wildman–Crippen LogP) is 4.20. The standard InChI is InChI=1S/C20H24F2N2O/c1-3-20(25)6-4-5-13-10-24(11-16(13)20)18-7-12(2)23-19-15(18)8-14(21)9-17(19)22/h7-9,13,16,25H,3-6,10-11H2,1-2H3/t13-,16+,20-/m1/s1. The third-order valence-corrected chi connectivity index (χ3v) is 6.21. The lowest BCUT2D eigenvalue weighted by atomic mass is 9.69. The number of benzene rings is 1. The van der Waals surface area contributed by atoms with E-state index in [1.54, 1.807) is 0 Å². The molecule has 0 bridgehead atoms. The van der Waals surface area contributed by atoms with Crippen molar-refractivity contribution < 1.29 is 13.9 Å². The third-order valence-electron chi connectivity index (χ3n) is 6.21. The van der Waals surface area contributed by atoms with Crippen molar-refractivity contribution in [3.05, 3.63) is 35.5 Å². The molecule has 1 aliphatic heterocycles. The van der Waals surface area contributed by atoms with Crippen molar-refractivity contribution in [3.8, 4) is 0 Å². The Balaban J connectivity index is 1.78. The first-order valence-electron chi connectivity index (χ1n) is 9.15. The van der Waals surface area contributed by atoms with Crippen molar-refractivity contribution in [2.75, 3.05) is 18.0 Å². The van der Waals surface area contributed by atoms with Gasteiger partial charge in [0, 0.05) is 41.8 Å². The Hall–Kier alpha value is -1.75. The van der Waals surface area contributed by atoms with E-state index in [2.05, 4.69) is 9.88 Å². The van der Waals surface area contributed by atoms with Crippen LogP contribution in [0.2, 0.25) is 0 Å². The first-order chi connectivity index (χ1) is 11.9. The van der Waals surface area contributed by atoms with Gasteiger partial charge >= 0.3 is 0 Å². The summed E-state index contributed by atoms with van der Waals surface area (Å²) in [6.45, 7) is 5.42. The Morgan fingerprint density at radius 3 is 2.84 bits per heavy atom. The lowest BCUT2D eigenvalue weighted by molar-refractivity contribution is -0.0597. The quantitative estimate of drug-likeness (QED) is 0.885. The Bertz CT molecular complexity index is 825. The van der Waals surface area contributed by atoms with Crippen LogP contribution in [0.5, 0.6) is 0 Å². The van der Waals surface area contributed by atoms with Crippen LogP contribution in [0.1, 0.15) is 38.3 Å². The summed E-state index contributed by atoms with van der Waals surface area (Å²) in [5, 5.41) is 11.5. The SMILES string of the molecule is CC[C@@]1(O)CCC[C@@H]2CN(c3cc(C)nc4c(F)cc(F)cc34)C[C@@H]21. The van der Waals surface area contributed by atoms with Gasteiger partial charge in [0.1, 0.15) is 11.3 Å². The summed E-state index contributed by atoms with van der Waals surface area (Å²) in [6.07, 6.45) is 3.74. The van der Waals surface area contributed by atoms with Crippen molar-refractivity contribution in [3.63, 3.8) is 0 Å². The van der Waals surface area contributed by atoms with Gasteiger partial charge in [-0.3, -0.25) is 0 Å². The highest BCUT2D eigenvalue weighted by molar-refractivity contribution is 5.92. The van der Waals surface area contributed by atoms with Crippen LogP contribution in [0.15, 0.2) is 18.2 Å². The molecule has 1 aromatic heterocycles. The normalized spacial score (nSPS) is 29.2. The molecule has 1 saturated carbocycles. The summed E-state index contributed by atoms with van der Waals surface area (Å²) in [5.41, 5.74) is 1.14. The zero-order valence-corrected chi connectivity index (χ0v) is 14.7. The van der Waals surface area contributed by atoms with Crippen molar-refractivity contribution in [1.82, 2.24) is 4.98 Å². The molecule has 134 valence electrons. The van der Waals surface area contributed by atoms with E-state index >= 15 is 0 Å². The van der Waals surface area contributed by atoms with E-state index in [1.807, 2.05) is 19.9 Å². The third kappa shape index (κ3) is 2.69. The molecule has 5 heteroatoms. The van der Waals surface area contributed by atoms with Crippen LogP contribution in [-0.2, 0) is 0 Å². The van der Waals surface area contributed by atoms with Crippen molar-refractivity contribution in [2.45, 2.75) is 45.1 Å². The number of rotatable bonds is 2. The molecular formula is C20H24F2N2O. The van der Waals surface area contributed by atoms with E-state index in [4.69, 9.17) is 0 Å². The molecule has 1 saturated heterocycles. The van der Waals surface area contributed by atoms with Gasteiger partial charge in [0.25, 0.3) is 0 Å². The largest absolute Gasteiger partial charge is 0.390 e. The number of hydrogen-bond donors (Lipinski definition) is 1. The fraction of sp³-hybridized carbons (Fsp3) is 0.550. The first kappa shape index (κ1) is 16.7. The van der Waals surface area contributed by atoms with Crippen LogP contribution in [0.3, 0.4) is 0 Å². The zero-order valence-electron chi connectivity index (χ0n) is 14.7. The molecule has 2 fully saturated rings. The van der Waals surface area contributed by atoms with Gasteiger partial charge in [0.15, 0.2) is 5.82 Å². The predicted molar refractivity (Wildman–Crippen MR) is 94.7 cm³/mol. The van der Waals surface area contributed by atoms with E-state index in [-0.39, 0.29) is 11.4 Å². The maximum Gasteiger partial charge on any atom is 0.152 e. The number of halogens is 2. The smallest absolute Gasteiger partial charge is 0.152 e. The van der Waals surface area contributed by atoms with Crippen molar-refractivity contribution in [2.24, 2.45) is 11.8 Å². The first-order valence-corrected chi connectivity index (χ1v) is 9.15. The zero-order chi connectivity index (χ0) is 17.8. The Kier molecular flexibility index (Phi) is 3.95. The van der Waals surface area contributed by atoms with Gasteiger partial charge in [-0.15, -0.1) is 0 Å². The molecular weight excluding hydrogens is 322 g/mol. The number of fused-ring (bicyclic) bond motifs is 2. The number of nitrogens with zero attached hydrogens (tertiary/aromatic N) is 2. The molecule has 3 nitrogen and oxygen atoms in total. The second-order valence-corrected chi connectivity index (χ2v) is 7.69. The van der Waals surface area contributed by atoms with Gasteiger partial charge in [0.2, 0.25) is 0 Å². The highest BCUT2D eigenvalue weighted by Crippen LogP contribution is 2.46. The minimum atomic E-state index is -0.623. The van der Waals surface area contributed by atoms with E-state index in [1.165, 1.54) is 6.07 Å². The van der Waals surface area contributed by atoms with E-state index in [0.717, 1.165) is 50.5 Å². The summed E-state index contributed by atoms with van der Waals surface area (Å²) in [6, 6.07) is 4.16. The highest BCUT2D eigenvalue weighted by atomic mass is 19.1. The maximum atomic E-state index is 14.2. The monoisotopic (exact) mass is 346 g/mol. The van der Waals surface area contributed by atoms with E-state index < -0.39 is 17.2 Å². The summed E-state index contributed by atoms with van der Waals surface area (Å²) in [7, 11) is 0. The van der Waals surface area contributed by atoms with Crippen LogP contribution in [0, 0.1) is 30.4 Å². The summed E-state index contributed by atoms with van der Waals surface area (Å²) < 4.78 is 28.0. The van der Waals surface area contributed by atoms with Gasteiger partial charge < -0.3 is 10.0 Å². The van der Waals surface area contributed by atoms with Crippen LogP contribution >= 0.6 is 0 Å². The number of hydrogen-bond acceptors (Lipinski definition) is 3. The Morgan fingerprint density at radius 2 is 2.08 bits per heavy atom. The fourth-order valence-corrected chi connectivity index (χ4v) is 4.88. The lowest BCUT2D eigenvalue weighted by Gasteiger charge is -2.40. The minimum absolute atomic E-state index is 0.216. The number of aliphatic hydroxyl groups is 1. The van der Waals surface area contributed by atoms with Gasteiger partial charge in [-0.25, -0.2) is 13.8 Å². The van der Waals surface area contributed by atoms with Gasteiger partial charge in [-0.05, 0) is 44.2 Å². The van der Waals surface area contributed by atoms with Crippen LogP contribution in [0.25, 0.3) is 10.9 Å². The molecule has 0 amide bonds. The average molecular weight is 346 g/mol. The van der Waals surface area contributed by atoms with Crippen LogP contribution < -0.4 is 4.90 Å². The second-order valence-electron chi connectivity index (χ2n) is 7.69. The summed E-state index contributed by atoms with van der Waals surface area (Å²) >= 11 is 0. The number of anilines is 1. The molecule has 2 aliphatic rings. The van der Waals surface area contributed by atoms with E-state index in [0.29, 0.717) is 17.0 Å². The van der Waals surface area contributed by atoms with E-state index in [9.17, 15) is 13.9 Å². The highest BCUT2D eigenvalue weighted by Gasteiger charge is 2.48.